The van der Waals surface area contributed by atoms with Crippen LogP contribution in [0.25, 0.3) is 10.9 Å². The molecule has 2 aromatic carbocycles. The number of hydrogen-bond donors (Lipinski definition) is 2. The molecule has 1 fully saturated rings. The second-order valence-corrected chi connectivity index (χ2v) is 8.85. The molecule has 7 nitrogen and oxygen atoms in total. The SMILES string of the molecule is O=C(CCCCCn1c(=O)[nH]c2ccccc2c1=O)NC1CCN(Cc2ccccc2)CC1. The van der Waals surface area contributed by atoms with Crippen molar-refractivity contribution in [3.8, 4) is 0 Å². The number of carbonyl (C=O) groups is 1. The Labute approximate surface area is 193 Å². The van der Waals surface area contributed by atoms with Gasteiger partial charge in [0, 0.05) is 38.6 Å². The lowest BCUT2D eigenvalue weighted by Crippen LogP contribution is -2.44. The summed E-state index contributed by atoms with van der Waals surface area (Å²) in [5, 5.41) is 3.69. The molecule has 1 aromatic heterocycles. The van der Waals surface area contributed by atoms with Gasteiger partial charge in [0.2, 0.25) is 5.91 Å². The van der Waals surface area contributed by atoms with Crippen LogP contribution in [0.15, 0.2) is 64.2 Å². The average Bonchev–Trinajstić information content (AvgIpc) is 2.82. The first kappa shape index (κ1) is 23.0. The third-order valence-corrected chi connectivity index (χ3v) is 6.38. The van der Waals surface area contributed by atoms with E-state index in [9.17, 15) is 14.4 Å². The van der Waals surface area contributed by atoms with E-state index in [0.29, 0.717) is 30.3 Å². The van der Waals surface area contributed by atoms with Gasteiger partial charge in [0.15, 0.2) is 0 Å². The Balaban J connectivity index is 1.14. The fraction of sp³-hybridized carbons (Fsp3) is 0.423. The van der Waals surface area contributed by atoms with Crippen LogP contribution in [-0.2, 0) is 17.9 Å². The van der Waals surface area contributed by atoms with E-state index in [-0.39, 0.29) is 23.2 Å². The molecule has 2 N–H and O–H groups in total. The summed E-state index contributed by atoms with van der Waals surface area (Å²) in [7, 11) is 0. The monoisotopic (exact) mass is 448 g/mol. The molecule has 0 spiro atoms. The molecule has 0 radical (unpaired) electrons. The van der Waals surface area contributed by atoms with E-state index in [1.165, 1.54) is 10.1 Å². The predicted molar refractivity (Wildman–Crippen MR) is 130 cm³/mol. The Kier molecular flexibility index (Phi) is 7.73. The lowest BCUT2D eigenvalue weighted by molar-refractivity contribution is -0.122. The van der Waals surface area contributed by atoms with Gasteiger partial charge >= 0.3 is 5.69 Å². The highest BCUT2D eigenvalue weighted by atomic mass is 16.2. The molecule has 2 heterocycles. The van der Waals surface area contributed by atoms with Crippen LogP contribution in [0.1, 0.15) is 44.1 Å². The van der Waals surface area contributed by atoms with Gasteiger partial charge in [0.1, 0.15) is 0 Å². The van der Waals surface area contributed by atoms with Crippen LogP contribution in [0, 0.1) is 0 Å². The average molecular weight is 449 g/mol. The number of carbonyl (C=O) groups excluding carboxylic acids is 1. The van der Waals surface area contributed by atoms with Gasteiger partial charge in [-0.2, -0.15) is 0 Å². The number of hydrogen-bond acceptors (Lipinski definition) is 4. The molecule has 3 aromatic rings. The van der Waals surface area contributed by atoms with Gasteiger partial charge in [-0.05, 0) is 43.4 Å². The van der Waals surface area contributed by atoms with Gasteiger partial charge in [0.05, 0.1) is 10.9 Å². The van der Waals surface area contributed by atoms with Crippen molar-refractivity contribution in [2.75, 3.05) is 13.1 Å². The van der Waals surface area contributed by atoms with Crippen LogP contribution in [0.5, 0.6) is 0 Å². The molecular formula is C26H32N4O3. The maximum absolute atomic E-state index is 12.5. The van der Waals surface area contributed by atoms with Crippen LogP contribution >= 0.6 is 0 Å². The quantitative estimate of drug-likeness (QED) is 0.493. The molecule has 0 aliphatic carbocycles. The minimum atomic E-state index is -0.380. The van der Waals surface area contributed by atoms with E-state index in [2.05, 4.69) is 39.5 Å². The van der Waals surface area contributed by atoms with E-state index < -0.39 is 0 Å². The molecule has 174 valence electrons. The summed E-state index contributed by atoms with van der Waals surface area (Å²) in [5.74, 6) is 0.0947. The highest BCUT2D eigenvalue weighted by molar-refractivity contribution is 5.77. The van der Waals surface area contributed by atoms with Crippen LogP contribution in [0.2, 0.25) is 0 Å². The molecule has 33 heavy (non-hydrogen) atoms. The number of unbranched alkanes of at least 4 members (excludes halogenated alkanes) is 2. The largest absolute Gasteiger partial charge is 0.353 e. The van der Waals surface area contributed by atoms with Crippen molar-refractivity contribution in [1.82, 2.24) is 19.8 Å². The lowest BCUT2D eigenvalue weighted by Gasteiger charge is -2.32. The maximum atomic E-state index is 12.5. The Morgan fingerprint density at radius 3 is 2.45 bits per heavy atom. The van der Waals surface area contributed by atoms with Crippen molar-refractivity contribution >= 4 is 16.8 Å². The van der Waals surface area contributed by atoms with E-state index in [1.54, 1.807) is 24.3 Å². The normalized spacial score (nSPS) is 15.0. The molecule has 0 saturated carbocycles. The van der Waals surface area contributed by atoms with Gasteiger partial charge in [-0.25, -0.2) is 4.79 Å². The molecule has 0 atom stereocenters. The number of likely N-dealkylation sites (tertiary alicyclic amines) is 1. The minimum absolute atomic E-state index is 0.0947. The van der Waals surface area contributed by atoms with Gasteiger partial charge < -0.3 is 10.3 Å². The molecule has 1 amide bonds. The Bertz CT molecular complexity index is 1180. The Hall–Kier alpha value is -3.19. The molecular weight excluding hydrogens is 416 g/mol. The number of nitrogens with one attached hydrogen (secondary N) is 2. The van der Waals surface area contributed by atoms with Crippen molar-refractivity contribution in [2.45, 2.75) is 57.7 Å². The maximum Gasteiger partial charge on any atom is 0.328 e. The fourth-order valence-corrected chi connectivity index (χ4v) is 4.51. The first-order valence-electron chi connectivity index (χ1n) is 11.9. The predicted octanol–water partition coefficient (Wildman–Crippen LogP) is 3.03. The summed E-state index contributed by atoms with van der Waals surface area (Å²) in [4.78, 5) is 42.3. The molecule has 1 saturated heterocycles. The minimum Gasteiger partial charge on any atom is -0.353 e. The number of rotatable bonds is 9. The van der Waals surface area contributed by atoms with Crippen molar-refractivity contribution in [2.24, 2.45) is 0 Å². The second kappa shape index (κ2) is 11.1. The van der Waals surface area contributed by atoms with Gasteiger partial charge in [-0.3, -0.25) is 19.1 Å². The molecule has 0 bridgehead atoms. The molecule has 1 aliphatic heterocycles. The van der Waals surface area contributed by atoms with E-state index in [0.717, 1.165) is 45.3 Å². The summed E-state index contributed by atoms with van der Waals surface area (Å²) in [6.45, 7) is 3.31. The van der Waals surface area contributed by atoms with Crippen molar-refractivity contribution in [3.63, 3.8) is 0 Å². The number of piperidine rings is 1. The fourth-order valence-electron chi connectivity index (χ4n) is 4.51. The van der Waals surface area contributed by atoms with Crippen molar-refractivity contribution in [1.29, 1.82) is 0 Å². The van der Waals surface area contributed by atoms with Crippen molar-refractivity contribution < 1.29 is 4.79 Å². The van der Waals surface area contributed by atoms with E-state index >= 15 is 0 Å². The topological polar surface area (TPSA) is 87.2 Å². The van der Waals surface area contributed by atoms with Crippen LogP contribution < -0.4 is 16.6 Å². The summed E-state index contributed by atoms with van der Waals surface area (Å²) in [5.41, 5.74) is 1.25. The van der Waals surface area contributed by atoms with Gasteiger partial charge in [0.25, 0.3) is 5.56 Å². The summed E-state index contributed by atoms with van der Waals surface area (Å²) < 4.78 is 1.26. The summed E-state index contributed by atoms with van der Waals surface area (Å²) >= 11 is 0. The number of para-hydroxylation sites is 1. The third-order valence-electron chi connectivity index (χ3n) is 6.38. The van der Waals surface area contributed by atoms with Crippen LogP contribution in [0.4, 0.5) is 0 Å². The van der Waals surface area contributed by atoms with Gasteiger partial charge in [-0.1, -0.05) is 48.9 Å². The highest BCUT2D eigenvalue weighted by Crippen LogP contribution is 2.14. The zero-order valence-corrected chi connectivity index (χ0v) is 19.0. The highest BCUT2D eigenvalue weighted by Gasteiger charge is 2.20. The molecule has 7 heteroatoms. The first-order chi connectivity index (χ1) is 16.1. The molecule has 4 rings (SSSR count). The van der Waals surface area contributed by atoms with E-state index in [1.807, 2.05) is 6.07 Å². The smallest absolute Gasteiger partial charge is 0.328 e. The number of benzene rings is 2. The number of H-pyrrole nitrogens is 1. The zero-order valence-electron chi connectivity index (χ0n) is 19.0. The lowest BCUT2D eigenvalue weighted by atomic mass is 10.0. The number of amides is 1. The number of aromatic nitrogens is 2. The number of nitrogens with zero attached hydrogens (tertiary/aromatic N) is 2. The van der Waals surface area contributed by atoms with Gasteiger partial charge in [-0.15, -0.1) is 0 Å². The zero-order chi connectivity index (χ0) is 23.0. The summed E-state index contributed by atoms with van der Waals surface area (Å²) in [6.07, 6.45) is 4.67. The molecule has 1 aliphatic rings. The third kappa shape index (κ3) is 6.20. The van der Waals surface area contributed by atoms with E-state index in [4.69, 9.17) is 0 Å². The summed E-state index contributed by atoms with van der Waals surface area (Å²) in [6, 6.07) is 17.8. The standard InChI is InChI=1S/C26H32N4O3/c31-24(27-21-14-17-29(18-15-21)19-20-9-3-1-4-10-20)13-5-2-8-16-30-25(32)22-11-6-7-12-23(22)28-26(30)33/h1,3-4,6-7,9-12,21H,2,5,8,13-19H2,(H,27,31)(H,28,33). The Morgan fingerprint density at radius 1 is 0.939 bits per heavy atom. The second-order valence-electron chi connectivity index (χ2n) is 8.85. The number of fused-ring (bicyclic) bond motifs is 1. The Morgan fingerprint density at radius 2 is 1.67 bits per heavy atom. The number of aromatic amines is 1. The van der Waals surface area contributed by atoms with Crippen LogP contribution in [0.3, 0.4) is 0 Å². The van der Waals surface area contributed by atoms with Crippen molar-refractivity contribution in [3.05, 3.63) is 81.0 Å². The first-order valence-corrected chi connectivity index (χ1v) is 11.9. The molecule has 0 unspecified atom stereocenters. The van der Waals surface area contributed by atoms with Crippen LogP contribution in [-0.4, -0.2) is 39.5 Å².